The zero-order valence-corrected chi connectivity index (χ0v) is 11.8. The number of carbonyl (C=O) groups excluding carboxylic acids is 1. The maximum absolute atomic E-state index is 11.8. The number of hydrogen-bond donors (Lipinski definition) is 2. The van der Waals surface area contributed by atoms with Crippen LogP contribution in [-0.2, 0) is 4.79 Å². The average molecular weight is 263 g/mol. The molecular weight excluding hydrogens is 242 g/mol. The number of nitrogens with two attached hydrogens (primary N) is 1. The Labute approximate surface area is 113 Å². The summed E-state index contributed by atoms with van der Waals surface area (Å²) in [7, 11) is 3.66. The highest BCUT2D eigenvalue weighted by Crippen LogP contribution is 2.37. The molecule has 2 rings (SSSR count). The fraction of sp³-hybridized carbons (Fsp3) is 0.500. The van der Waals surface area contributed by atoms with E-state index in [0.29, 0.717) is 0 Å². The Hall–Kier alpha value is -1.59. The molecule has 0 aromatic heterocycles. The van der Waals surface area contributed by atoms with Crippen molar-refractivity contribution in [3.8, 4) is 0 Å². The lowest BCUT2D eigenvalue weighted by Crippen LogP contribution is -2.44. The predicted octanol–water partition coefficient (Wildman–Crippen LogP) is 0.870. The second kappa shape index (κ2) is 4.51. The lowest BCUT2D eigenvalue weighted by molar-refractivity contribution is -0.118. The fourth-order valence-corrected chi connectivity index (χ4v) is 2.21. The molecule has 0 bridgehead atoms. The average Bonchev–Trinajstić information content (AvgIpc) is 2.62. The van der Waals surface area contributed by atoms with Gasteiger partial charge in [-0.05, 0) is 26.0 Å². The second-order valence-electron chi connectivity index (χ2n) is 5.65. The Morgan fingerprint density at radius 2 is 2.11 bits per heavy atom. The summed E-state index contributed by atoms with van der Waals surface area (Å²) in [5.74, 6) is -0.0868. The van der Waals surface area contributed by atoms with E-state index in [-0.39, 0.29) is 18.1 Å². The summed E-state index contributed by atoms with van der Waals surface area (Å²) in [5.41, 5.74) is 8.16. The van der Waals surface area contributed by atoms with E-state index in [0.717, 1.165) is 16.9 Å². The summed E-state index contributed by atoms with van der Waals surface area (Å²) in [6, 6.07) is 5.20. The van der Waals surface area contributed by atoms with Gasteiger partial charge in [-0.2, -0.15) is 0 Å². The van der Waals surface area contributed by atoms with Gasteiger partial charge in [-0.1, -0.05) is 6.07 Å². The SMILES string of the molecule is CN1C(=O)C(N)c2ccc(N(C)C(C)(C)CO)cc21. The van der Waals surface area contributed by atoms with Crippen LogP contribution in [0.3, 0.4) is 0 Å². The summed E-state index contributed by atoms with van der Waals surface area (Å²) in [4.78, 5) is 15.4. The molecule has 1 atom stereocenters. The van der Waals surface area contributed by atoms with Gasteiger partial charge in [-0.15, -0.1) is 0 Å². The van der Waals surface area contributed by atoms with E-state index in [9.17, 15) is 9.90 Å². The van der Waals surface area contributed by atoms with Gasteiger partial charge in [0.1, 0.15) is 6.04 Å². The lowest BCUT2D eigenvalue weighted by Gasteiger charge is -2.36. The van der Waals surface area contributed by atoms with Crippen molar-refractivity contribution in [3.05, 3.63) is 23.8 Å². The van der Waals surface area contributed by atoms with Crippen molar-refractivity contribution in [1.82, 2.24) is 0 Å². The number of benzene rings is 1. The molecule has 0 saturated carbocycles. The quantitative estimate of drug-likeness (QED) is 0.849. The van der Waals surface area contributed by atoms with Crippen LogP contribution in [0.15, 0.2) is 18.2 Å². The molecule has 0 saturated heterocycles. The summed E-state index contributed by atoms with van der Waals surface area (Å²) in [6.45, 7) is 3.97. The van der Waals surface area contributed by atoms with Gasteiger partial charge in [0, 0.05) is 25.3 Å². The standard InChI is InChI=1S/C14H21N3O2/c1-14(2,8-18)17(4)9-5-6-10-11(7-9)16(3)13(19)12(10)15/h5-7,12,18H,8,15H2,1-4H3. The van der Waals surface area contributed by atoms with Crippen molar-refractivity contribution in [2.45, 2.75) is 25.4 Å². The van der Waals surface area contributed by atoms with Crippen LogP contribution >= 0.6 is 0 Å². The molecule has 19 heavy (non-hydrogen) atoms. The maximum atomic E-state index is 11.8. The van der Waals surface area contributed by atoms with E-state index in [1.807, 2.05) is 44.0 Å². The van der Waals surface area contributed by atoms with Crippen LogP contribution in [0, 0.1) is 0 Å². The van der Waals surface area contributed by atoms with Crippen LogP contribution < -0.4 is 15.5 Å². The van der Waals surface area contributed by atoms with Gasteiger partial charge in [-0.3, -0.25) is 4.79 Å². The first-order valence-corrected chi connectivity index (χ1v) is 6.31. The number of nitrogens with zero attached hydrogens (tertiary/aromatic N) is 2. The van der Waals surface area contributed by atoms with Gasteiger partial charge < -0.3 is 20.6 Å². The Balaban J connectivity index is 2.41. The molecule has 1 unspecified atom stereocenters. The van der Waals surface area contributed by atoms with E-state index in [1.165, 1.54) is 0 Å². The molecule has 1 aromatic carbocycles. The normalized spacial score (nSPS) is 18.7. The number of aliphatic hydroxyl groups is 1. The van der Waals surface area contributed by atoms with Crippen LogP contribution in [0.5, 0.6) is 0 Å². The van der Waals surface area contributed by atoms with Crippen LogP contribution in [0.1, 0.15) is 25.5 Å². The first-order chi connectivity index (χ1) is 8.79. The summed E-state index contributed by atoms with van der Waals surface area (Å²) < 4.78 is 0. The summed E-state index contributed by atoms with van der Waals surface area (Å²) in [5, 5.41) is 9.43. The highest BCUT2D eigenvalue weighted by Gasteiger charge is 2.33. The predicted molar refractivity (Wildman–Crippen MR) is 76.3 cm³/mol. The molecule has 3 N–H and O–H groups in total. The number of rotatable bonds is 3. The smallest absolute Gasteiger partial charge is 0.248 e. The molecule has 0 aliphatic carbocycles. The first kappa shape index (κ1) is 13.8. The Morgan fingerprint density at radius 1 is 1.47 bits per heavy atom. The molecule has 1 heterocycles. The van der Waals surface area contributed by atoms with E-state index in [1.54, 1.807) is 11.9 Å². The molecule has 1 aliphatic heterocycles. The number of anilines is 2. The van der Waals surface area contributed by atoms with Gasteiger partial charge in [0.2, 0.25) is 5.91 Å². The van der Waals surface area contributed by atoms with E-state index in [2.05, 4.69) is 0 Å². The zero-order chi connectivity index (χ0) is 14.4. The van der Waals surface area contributed by atoms with Crippen molar-refractivity contribution in [2.24, 2.45) is 5.73 Å². The molecule has 1 aliphatic rings. The zero-order valence-electron chi connectivity index (χ0n) is 11.8. The Kier molecular flexibility index (Phi) is 3.28. The van der Waals surface area contributed by atoms with Crippen molar-refractivity contribution < 1.29 is 9.90 Å². The monoisotopic (exact) mass is 263 g/mol. The van der Waals surface area contributed by atoms with Crippen molar-refractivity contribution >= 4 is 17.3 Å². The Bertz CT molecular complexity index is 513. The summed E-state index contributed by atoms with van der Waals surface area (Å²) in [6.07, 6.45) is 0. The third-order valence-electron chi connectivity index (χ3n) is 3.99. The molecule has 5 heteroatoms. The van der Waals surface area contributed by atoms with Crippen molar-refractivity contribution in [2.75, 3.05) is 30.5 Å². The molecule has 1 amide bonds. The van der Waals surface area contributed by atoms with Crippen molar-refractivity contribution in [1.29, 1.82) is 0 Å². The minimum atomic E-state index is -0.565. The number of amides is 1. The summed E-state index contributed by atoms with van der Waals surface area (Å²) >= 11 is 0. The fourth-order valence-electron chi connectivity index (χ4n) is 2.21. The minimum Gasteiger partial charge on any atom is -0.394 e. The second-order valence-corrected chi connectivity index (χ2v) is 5.65. The van der Waals surface area contributed by atoms with E-state index >= 15 is 0 Å². The molecule has 104 valence electrons. The number of aliphatic hydroxyl groups excluding tert-OH is 1. The minimum absolute atomic E-state index is 0.0505. The molecule has 0 spiro atoms. The van der Waals surface area contributed by atoms with Gasteiger partial charge in [0.25, 0.3) is 0 Å². The van der Waals surface area contributed by atoms with Crippen LogP contribution in [-0.4, -0.2) is 37.3 Å². The number of hydrogen-bond acceptors (Lipinski definition) is 4. The maximum Gasteiger partial charge on any atom is 0.248 e. The van der Waals surface area contributed by atoms with Gasteiger partial charge in [-0.25, -0.2) is 0 Å². The Morgan fingerprint density at radius 3 is 2.68 bits per heavy atom. The molecule has 1 aromatic rings. The van der Waals surface area contributed by atoms with Gasteiger partial charge in [0.05, 0.1) is 17.8 Å². The van der Waals surface area contributed by atoms with Crippen LogP contribution in [0.25, 0.3) is 0 Å². The van der Waals surface area contributed by atoms with Crippen LogP contribution in [0.4, 0.5) is 11.4 Å². The highest BCUT2D eigenvalue weighted by molar-refractivity contribution is 6.04. The van der Waals surface area contributed by atoms with Crippen molar-refractivity contribution in [3.63, 3.8) is 0 Å². The highest BCUT2D eigenvalue weighted by atomic mass is 16.3. The van der Waals surface area contributed by atoms with E-state index in [4.69, 9.17) is 5.73 Å². The lowest BCUT2D eigenvalue weighted by atomic mass is 10.0. The molecule has 0 fully saturated rings. The molecular formula is C14H21N3O2. The first-order valence-electron chi connectivity index (χ1n) is 6.31. The topological polar surface area (TPSA) is 69.8 Å². The number of fused-ring (bicyclic) bond motifs is 1. The third kappa shape index (κ3) is 2.09. The number of carbonyl (C=O) groups is 1. The largest absolute Gasteiger partial charge is 0.394 e. The van der Waals surface area contributed by atoms with Gasteiger partial charge in [0.15, 0.2) is 0 Å². The van der Waals surface area contributed by atoms with Crippen LogP contribution in [0.2, 0.25) is 0 Å². The van der Waals surface area contributed by atoms with E-state index < -0.39 is 6.04 Å². The molecule has 0 radical (unpaired) electrons. The molecule has 5 nitrogen and oxygen atoms in total. The third-order valence-corrected chi connectivity index (χ3v) is 3.99. The van der Waals surface area contributed by atoms with Gasteiger partial charge >= 0.3 is 0 Å². The number of likely N-dealkylation sites (N-methyl/N-ethyl adjacent to an activating group) is 2.